The molecule has 1 saturated heterocycles. The zero-order chi connectivity index (χ0) is 17.4. The maximum Gasteiger partial charge on any atom is 0.243 e. The first-order chi connectivity index (χ1) is 12.0. The molecule has 25 heavy (non-hydrogen) atoms. The monoisotopic (exact) mass is 360 g/mol. The van der Waals surface area contributed by atoms with Crippen LogP contribution < -0.4 is 4.90 Å². The highest BCUT2D eigenvalue weighted by molar-refractivity contribution is 7.89. The van der Waals surface area contributed by atoms with Gasteiger partial charge < -0.3 is 9.64 Å². The molecule has 7 nitrogen and oxygen atoms in total. The van der Waals surface area contributed by atoms with E-state index in [1.54, 1.807) is 18.3 Å². The number of nitrogens with zero attached hydrogens (tertiary/aromatic N) is 4. The maximum absolute atomic E-state index is 12.9. The first-order valence-corrected chi connectivity index (χ1v) is 9.72. The Morgan fingerprint density at radius 3 is 2.52 bits per heavy atom. The van der Waals surface area contributed by atoms with Crippen molar-refractivity contribution < 1.29 is 13.2 Å². The topological polar surface area (TPSA) is 75.6 Å². The van der Waals surface area contributed by atoms with Gasteiger partial charge >= 0.3 is 0 Å². The Labute approximate surface area is 147 Å². The van der Waals surface area contributed by atoms with Gasteiger partial charge in [-0.15, -0.1) is 0 Å². The Balaban J connectivity index is 1.57. The summed E-state index contributed by atoms with van der Waals surface area (Å²) in [4.78, 5) is 11.4. The van der Waals surface area contributed by atoms with Crippen molar-refractivity contribution in [2.75, 3.05) is 31.2 Å². The van der Waals surface area contributed by atoms with Crippen LogP contribution in [0.4, 0.5) is 5.95 Å². The lowest BCUT2D eigenvalue weighted by Gasteiger charge is -2.26. The van der Waals surface area contributed by atoms with Gasteiger partial charge in [-0.1, -0.05) is 17.7 Å². The summed E-state index contributed by atoms with van der Waals surface area (Å²) in [6.45, 7) is 5.36. The molecule has 3 heterocycles. The quantitative estimate of drug-likeness (QED) is 0.822. The number of rotatable bonds is 3. The fraction of sp³-hybridized carbons (Fsp3) is 0.412. The molecule has 2 aliphatic heterocycles. The first kappa shape index (κ1) is 16.4. The third kappa shape index (κ3) is 3.12. The molecule has 8 heteroatoms. The van der Waals surface area contributed by atoms with E-state index in [0.717, 1.165) is 29.9 Å². The number of aryl methyl sites for hydroxylation is 1. The van der Waals surface area contributed by atoms with Crippen LogP contribution in [-0.2, 0) is 27.8 Å². The molecule has 0 aliphatic carbocycles. The van der Waals surface area contributed by atoms with Crippen LogP contribution >= 0.6 is 0 Å². The van der Waals surface area contributed by atoms with Gasteiger partial charge in [-0.3, -0.25) is 0 Å². The van der Waals surface area contributed by atoms with Crippen molar-refractivity contribution >= 4 is 16.0 Å². The van der Waals surface area contributed by atoms with Crippen LogP contribution in [0.2, 0.25) is 0 Å². The predicted molar refractivity (Wildman–Crippen MR) is 92.7 cm³/mol. The van der Waals surface area contributed by atoms with Crippen molar-refractivity contribution in [3.63, 3.8) is 0 Å². The van der Waals surface area contributed by atoms with Crippen molar-refractivity contribution in [2.45, 2.75) is 24.9 Å². The van der Waals surface area contributed by atoms with E-state index in [1.165, 1.54) is 4.31 Å². The number of fused-ring (bicyclic) bond motifs is 1. The van der Waals surface area contributed by atoms with Gasteiger partial charge in [0.05, 0.1) is 30.3 Å². The first-order valence-electron chi connectivity index (χ1n) is 8.28. The van der Waals surface area contributed by atoms with Gasteiger partial charge in [0.15, 0.2) is 0 Å². The number of hydrogen-bond donors (Lipinski definition) is 0. The third-order valence-corrected chi connectivity index (χ3v) is 6.37. The molecule has 0 saturated carbocycles. The van der Waals surface area contributed by atoms with Gasteiger partial charge in [-0.2, -0.15) is 4.31 Å². The molecular formula is C17H20N4O3S. The summed E-state index contributed by atoms with van der Waals surface area (Å²) in [6, 6.07) is 6.93. The molecule has 0 spiro atoms. The molecule has 2 aromatic rings. The van der Waals surface area contributed by atoms with Crippen molar-refractivity contribution in [1.82, 2.24) is 14.3 Å². The molecule has 0 unspecified atom stereocenters. The van der Waals surface area contributed by atoms with E-state index in [-0.39, 0.29) is 6.54 Å². The highest BCUT2D eigenvalue weighted by Crippen LogP contribution is 2.28. The Kier molecular flexibility index (Phi) is 4.18. The van der Waals surface area contributed by atoms with E-state index in [4.69, 9.17) is 4.74 Å². The number of benzene rings is 1. The Bertz CT molecular complexity index is 877. The molecule has 0 N–H and O–H groups in total. The fourth-order valence-corrected chi connectivity index (χ4v) is 4.44. The summed E-state index contributed by atoms with van der Waals surface area (Å²) in [5, 5.41) is 0. The molecule has 0 amide bonds. The van der Waals surface area contributed by atoms with Crippen molar-refractivity contribution in [2.24, 2.45) is 0 Å². The van der Waals surface area contributed by atoms with Gasteiger partial charge in [-0.05, 0) is 19.1 Å². The van der Waals surface area contributed by atoms with Crippen molar-refractivity contribution in [3.05, 3.63) is 47.3 Å². The molecule has 132 valence electrons. The van der Waals surface area contributed by atoms with Gasteiger partial charge in [0.1, 0.15) is 0 Å². The van der Waals surface area contributed by atoms with E-state index >= 15 is 0 Å². The van der Waals surface area contributed by atoms with E-state index in [2.05, 4.69) is 14.9 Å². The maximum atomic E-state index is 12.9. The van der Waals surface area contributed by atoms with Gasteiger partial charge in [0, 0.05) is 31.4 Å². The minimum absolute atomic E-state index is 0.283. The fourth-order valence-electron chi connectivity index (χ4n) is 3.06. The van der Waals surface area contributed by atoms with Crippen LogP contribution in [0.25, 0.3) is 0 Å². The summed E-state index contributed by atoms with van der Waals surface area (Å²) in [5.41, 5.74) is 2.68. The highest BCUT2D eigenvalue weighted by atomic mass is 32.2. The van der Waals surface area contributed by atoms with E-state index < -0.39 is 10.0 Å². The standard InChI is InChI=1S/C17H20N4O3S/c1-13-2-4-15(5-3-13)25(22,23)21-11-14-10-18-17(19-16(14)12-21)20-6-8-24-9-7-20/h2-5,10H,6-9,11-12H2,1H3. The Morgan fingerprint density at radius 1 is 1.08 bits per heavy atom. The number of morpholine rings is 1. The largest absolute Gasteiger partial charge is 0.378 e. The molecule has 1 fully saturated rings. The summed E-state index contributed by atoms with van der Waals surface area (Å²) in [6.07, 6.45) is 1.75. The van der Waals surface area contributed by atoms with Crippen LogP contribution in [0, 0.1) is 6.92 Å². The number of ether oxygens (including phenoxy) is 1. The average Bonchev–Trinajstić information content (AvgIpc) is 3.07. The molecule has 2 aliphatic rings. The number of sulfonamides is 1. The van der Waals surface area contributed by atoms with Crippen LogP contribution in [0.5, 0.6) is 0 Å². The molecule has 4 rings (SSSR count). The van der Waals surface area contributed by atoms with Gasteiger partial charge in [0.25, 0.3) is 0 Å². The lowest BCUT2D eigenvalue weighted by molar-refractivity contribution is 0.122. The molecule has 0 bridgehead atoms. The molecule has 0 atom stereocenters. The third-order valence-electron chi connectivity index (χ3n) is 4.57. The summed E-state index contributed by atoms with van der Waals surface area (Å²) >= 11 is 0. The smallest absolute Gasteiger partial charge is 0.243 e. The highest BCUT2D eigenvalue weighted by Gasteiger charge is 2.32. The molecule has 1 aromatic carbocycles. The summed E-state index contributed by atoms with van der Waals surface area (Å²) < 4.78 is 32.5. The Hall–Kier alpha value is -2.03. The predicted octanol–water partition coefficient (Wildman–Crippen LogP) is 1.33. The lowest BCUT2D eigenvalue weighted by atomic mass is 10.2. The second kappa shape index (κ2) is 6.36. The average molecular weight is 360 g/mol. The number of aromatic nitrogens is 2. The second-order valence-electron chi connectivity index (χ2n) is 6.33. The lowest BCUT2D eigenvalue weighted by Crippen LogP contribution is -2.37. The second-order valence-corrected chi connectivity index (χ2v) is 8.27. The normalized spacial score (nSPS) is 18.4. The van der Waals surface area contributed by atoms with Crippen molar-refractivity contribution in [1.29, 1.82) is 0 Å². The number of hydrogen-bond acceptors (Lipinski definition) is 6. The number of anilines is 1. The zero-order valence-electron chi connectivity index (χ0n) is 14.1. The minimum Gasteiger partial charge on any atom is -0.378 e. The minimum atomic E-state index is -3.53. The van der Waals surface area contributed by atoms with E-state index in [9.17, 15) is 8.42 Å². The van der Waals surface area contributed by atoms with Crippen LogP contribution in [0.15, 0.2) is 35.4 Å². The van der Waals surface area contributed by atoms with Gasteiger partial charge in [-0.25, -0.2) is 18.4 Å². The Morgan fingerprint density at radius 2 is 1.80 bits per heavy atom. The van der Waals surface area contributed by atoms with E-state index in [0.29, 0.717) is 30.6 Å². The summed E-state index contributed by atoms with van der Waals surface area (Å²) in [5.74, 6) is 0.650. The van der Waals surface area contributed by atoms with Crippen LogP contribution in [0.1, 0.15) is 16.8 Å². The van der Waals surface area contributed by atoms with Crippen LogP contribution in [0.3, 0.4) is 0 Å². The van der Waals surface area contributed by atoms with E-state index in [1.807, 2.05) is 19.1 Å². The SMILES string of the molecule is Cc1ccc(S(=O)(=O)N2Cc3cnc(N4CCOCC4)nc3C2)cc1. The zero-order valence-corrected chi connectivity index (χ0v) is 14.9. The molecular weight excluding hydrogens is 340 g/mol. The molecule has 0 radical (unpaired) electrons. The summed E-state index contributed by atoms with van der Waals surface area (Å²) in [7, 11) is -3.53. The van der Waals surface area contributed by atoms with Crippen LogP contribution in [-0.4, -0.2) is 49.0 Å². The van der Waals surface area contributed by atoms with Gasteiger partial charge in [0.2, 0.25) is 16.0 Å². The van der Waals surface area contributed by atoms with Crippen molar-refractivity contribution in [3.8, 4) is 0 Å². The molecule has 1 aromatic heterocycles.